The van der Waals surface area contributed by atoms with Crippen LogP contribution in [0.1, 0.15) is 31.1 Å². The first-order valence-electron chi connectivity index (χ1n) is 10.5. The first-order chi connectivity index (χ1) is 16.0. The fourth-order valence-corrected chi connectivity index (χ4v) is 3.59. The molecule has 4 aromatic rings. The minimum Gasteiger partial charge on any atom is -0.465 e. The Kier molecular flexibility index (Phi) is 7.16. The van der Waals surface area contributed by atoms with Crippen molar-refractivity contribution < 1.29 is 9.21 Å². The molecule has 0 bridgehead atoms. The van der Waals surface area contributed by atoms with Gasteiger partial charge in [0.25, 0.3) is 0 Å². The van der Waals surface area contributed by atoms with Crippen LogP contribution in [-0.2, 0) is 11.2 Å². The van der Waals surface area contributed by atoms with Crippen LogP contribution < -0.4 is 10.6 Å². The van der Waals surface area contributed by atoms with Gasteiger partial charge in [0, 0.05) is 6.08 Å². The number of hydrogen-bond donors (Lipinski definition) is 2. The number of furan rings is 1. The molecule has 0 unspecified atom stereocenters. The predicted molar refractivity (Wildman–Crippen MR) is 135 cm³/mol. The third-order valence-corrected chi connectivity index (χ3v) is 5.40. The summed E-state index contributed by atoms with van der Waals surface area (Å²) in [5.41, 5.74) is 3.97. The summed E-state index contributed by atoms with van der Waals surface area (Å²) in [6, 6.07) is 15.1. The lowest BCUT2D eigenvalue weighted by atomic mass is 10.1. The van der Waals surface area contributed by atoms with E-state index in [-0.39, 0.29) is 5.11 Å². The molecule has 0 aliphatic carbocycles. The number of rotatable bonds is 7. The van der Waals surface area contributed by atoms with Crippen LogP contribution in [0, 0.1) is 0 Å². The maximum absolute atomic E-state index is 12.1. The highest BCUT2D eigenvalue weighted by atomic mass is 35.5. The largest absolute Gasteiger partial charge is 0.465 e. The Morgan fingerprint density at radius 3 is 2.64 bits per heavy atom. The number of carbonyl (C=O) groups excluding carboxylic acids is 1. The molecular formula is C24H22ClN5O2S. The summed E-state index contributed by atoms with van der Waals surface area (Å²) in [5, 5.41) is 15.1. The summed E-state index contributed by atoms with van der Waals surface area (Å²) >= 11 is 11.6. The number of halogens is 1. The van der Waals surface area contributed by atoms with Crippen molar-refractivity contribution in [3.8, 4) is 5.69 Å². The fraction of sp³-hybridized carbons (Fsp3) is 0.167. The van der Waals surface area contributed by atoms with Crippen molar-refractivity contribution in [1.29, 1.82) is 0 Å². The maximum atomic E-state index is 12.1. The van der Waals surface area contributed by atoms with Gasteiger partial charge in [-0.05, 0) is 73.1 Å². The van der Waals surface area contributed by atoms with Crippen molar-refractivity contribution in [2.24, 2.45) is 0 Å². The van der Waals surface area contributed by atoms with Gasteiger partial charge < -0.3 is 9.73 Å². The van der Waals surface area contributed by atoms with Gasteiger partial charge in [-0.15, -0.1) is 10.2 Å². The molecule has 0 saturated carbocycles. The minimum atomic E-state index is -0.394. The molecule has 2 aromatic carbocycles. The van der Waals surface area contributed by atoms with Crippen LogP contribution in [-0.4, -0.2) is 26.0 Å². The number of benzene rings is 2. The molecule has 0 fully saturated rings. The van der Waals surface area contributed by atoms with E-state index in [4.69, 9.17) is 28.2 Å². The van der Waals surface area contributed by atoms with E-state index in [0.717, 1.165) is 12.1 Å². The van der Waals surface area contributed by atoms with Gasteiger partial charge in [0.2, 0.25) is 5.91 Å². The Morgan fingerprint density at radius 1 is 1.18 bits per heavy atom. The van der Waals surface area contributed by atoms with E-state index in [1.807, 2.05) is 12.1 Å². The van der Waals surface area contributed by atoms with Gasteiger partial charge in [0.1, 0.15) is 16.8 Å². The number of aromatic nitrogens is 3. The Labute approximate surface area is 201 Å². The van der Waals surface area contributed by atoms with Gasteiger partial charge in [0.15, 0.2) is 5.11 Å². The Balaban J connectivity index is 1.45. The van der Waals surface area contributed by atoms with Gasteiger partial charge in [-0.3, -0.25) is 10.1 Å². The van der Waals surface area contributed by atoms with Crippen LogP contribution in [0.15, 0.2) is 65.3 Å². The van der Waals surface area contributed by atoms with Crippen LogP contribution in [0.5, 0.6) is 0 Å². The summed E-state index contributed by atoms with van der Waals surface area (Å²) < 4.78 is 5.15. The zero-order chi connectivity index (χ0) is 23.2. The topological polar surface area (TPSA) is 85.0 Å². The average Bonchev–Trinajstić information content (AvgIpc) is 3.46. The van der Waals surface area contributed by atoms with E-state index in [1.54, 1.807) is 35.1 Å². The number of carbonyl (C=O) groups is 1. The van der Waals surface area contributed by atoms with Crippen molar-refractivity contribution in [2.45, 2.75) is 26.2 Å². The highest BCUT2D eigenvalue weighted by Crippen LogP contribution is 2.27. The second kappa shape index (κ2) is 10.4. The van der Waals surface area contributed by atoms with Crippen LogP contribution in [0.4, 0.5) is 5.69 Å². The molecule has 2 aromatic heterocycles. The molecule has 4 rings (SSSR count). The van der Waals surface area contributed by atoms with E-state index in [0.29, 0.717) is 27.5 Å². The first-order valence-corrected chi connectivity index (χ1v) is 11.3. The molecule has 0 radical (unpaired) electrons. The number of nitrogens with zero attached hydrogens (tertiary/aromatic N) is 3. The molecule has 7 nitrogen and oxygen atoms in total. The zero-order valence-corrected chi connectivity index (χ0v) is 19.5. The van der Waals surface area contributed by atoms with Crippen molar-refractivity contribution in [3.05, 3.63) is 77.2 Å². The predicted octanol–water partition coefficient (Wildman–Crippen LogP) is 5.54. The lowest BCUT2D eigenvalue weighted by molar-refractivity contribution is -0.115. The molecule has 0 aliphatic heterocycles. The number of nitrogens with one attached hydrogen (secondary N) is 2. The lowest BCUT2D eigenvalue weighted by Gasteiger charge is -2.09. The molecule has 1 amide bonds. The number of thiocarbonyl (C=S) groups is 1. The van der Waals surface area contributed by atoms with Gasteiger partial charge in [0.05, 0.1) is 22.7 Å². The van der Waals surface area contributed by atoms with Gasteiger partial charge >= 0.3 is 0 Å². The third-order valence-electron chi connectivity index (χ3n) is 4.88. The quantitative estimate of drug-likeness (QED) is 0.267. The molecule has 0 spiro atoms. The summed E-state index contributed by atoms with van der Waals surface area (Å²) in [5.74, 6) is 0.172. The Morgan fingerprint density at radius 2 is 1.94 bits per heavy atom. The Bertz CT molecular complexity index is 1300. The molecule has 0 aliphatic rings. The summed E-state index contributed by atoms with van der Waals surface area (Å²) in [6.07, 6.45) is 7.80. The minimum absolute atomic E-state index is 0.111. The number of unbranched alkanes of at least 4 members (excludes halogenated alkanes) is 1. The standard InChI is InChI=1S/C24H22ClN5O2S/c1-2-3-5-16-7-9-17(10-8-16)30-28-21-14-19(25)20(15-22(21)29-30)26-24(33)27-23(31)12-11-18-6-4-13-32-18/h4,6-15H,2-3,5H2,1H3,(H2,26,27,31,33)/b12-11+. The number of fused-ring (bicyclic) bond motifs is 1. The summed E-state index contributed by atoms with van der Waals surface area (Å²) in [7, 11) is 0. The second-order valence-electron chi connectivity index (χ2n) is 7.37. The van der Waals surface area contributed by atoms with Crippen molar-refractivity contribution >= 4 is 57.6 Å². The fourth-order valence-electron chi connectivity index (χ4n) is 3.18. The van der Waals surface area contributed by atoms with Crippen LogP contribution >= 0.6 is 23.8 Å². The molecule has 0 atom stereocenters. The molecule has 2 heterocycles. The highest BCUT2D eigenvalue weighted by Gasteiger charge is 2.11. The van der Waals surface area contributed by atoms with Crippen molar-refractivity contribution in [2.75, 3.05) is 5.32 Å². The molecule has 9 heteroatoms. The van der Waals surface area contributed by atoms with Gasteiger partial charge in [-0.2, -0.15) is 4.80 Å². The lowest BCUT2D eigenvalue weighted by Crippen LogP contribution is -2.32. The van der Waals surface area contributed by atoms with Crippen molar-refractivity contribution in [3.63, 3.8) is 0 Å². The monoisotopic (exact) mass is 479 g/mol. The molecule has 0 saturated heterocycles. The zero-order valence-electron chi connectivity index (χ0n) is 17.9. The van der Waals surface area contributed by atoms with E-state index in [9.17, 15) is 4.79 Å². The average molecular weight is 480 g/mol. The highest BCUT2D eigenvalue weighted by molar-refractivity contribution is 7.80. The molecule has 2 N–H and O–H groups in total. The second-order valence-corrected chi connectivity index (χ2v) is 8.19. The van der Waals surface area contributed by atoms with E-state index in [2.05, 4.69) is 39.9 Å². The summed E-state index contributed by atoms with van der Waals surface area (Å²) in [6.45, 7) is 2.18. The number of amides is 1. The number of aryl methyl sites for hydroxylation is 1. The first kappa shape index (κ1) is 22.7. The SMILES string of the molecule is CCCCc1ccc(-n2nc3cc(Cl)c(NC(=S)NC(=O)/C=C/c4ccco4)cc3n2)cc1. The number of anilines is 1. The van der Waals surface area contributed by atoms with E-state index in [1.165, 1.54) is 30.7 Å². The number of hydrogen-bond acceptors (Lipinski definition) is 5. The molecule has 168 valence electrons. The normalized spacial score (nSPS) is 11.2. The third kappa shape index (κ3) is 5.85. The van der Waals surface area contributed by atoms with Crippen LogP contribution in [0.3, 0.4) is 0 Å². The van der Waals surface area contributed by atoms with E-state index >= 15 is 0 Å². The summed E-state index contributed by atoms with van der Waals surface area (Å²) in [4.78, 5) is 13.6. The maximum Gasteiger partial charge on any atom is 0.250 e. The Hall–Kier alpha value is -3.49. The van der Waals surface area contributed by atoms with E-state index < -0.39 is 5.91 Å². The van der Waals surface area contributed by atoms with Gasteiger partial charge in [-0.1, -0.05) is 37.1 Å². The molecule has 33 heavy (non-hydrogen) atoms. The smallest absolute Gasteiger partial charge is 0.250 e. The van der Waals surface area contributed by atoms with Crippen molar-refractivity contribution in [1.82, 2.24) is 20.3 Å². The van der Waals surface area contributed by atoms with Gasteiger partial charge in [-0.25, -0.2) is 0 Å². The molecular weight excluding hydrogens is 458 g/mol. The van der Waals surface area contributed by atoms with Crippen LogP contribution in [0.25, 0.3) is 22.8 Å². The van der Waals surface area contributed by atoms with Crippen LogP contribution in [0.2, 0.25) is 5.02 Å².